The summed E-state index contributed by atoms with van der Waals surface area (Å²) in [6.45, 7) is 1.02. The molecule has 1 aliphatic rings. The van der Waals surface area contributed by atoms with Crippen LogP contribution in [0.25, 0.3) is 0 Å². The van der Waals surface area contributed by atoms with Gasteiger partial charge in [0.05, 0.1) is 5.02 Å². The van der Waals surface area contributed by atoms with E-state index in [1.165, 1.54) is 0 Å². The van der Waals surface area contributed by atoms with Gasteiger partial charge in [-0.25, -0.2) is 0 Å². The summed E-state index contributed by atoms with van der Waals surface area (Å²) in [5.41, 5.74) is 1.97. The van der Waals surface area contributed by atoms with Gasteiger partial charge in [-0.05, 0) is 23.3 Å². The van der Waals surface area contributed by atoms with E-state index in [4.69, 9.17) is 21.1 Å². The number of benzene rings is 2. The van der Waals surface area contributed by atoms with Crippen LogP contribution in [0.2, 0.25) is 5.02 Å². The third-order valence-electron chi connectivity index (χ3n) is 3.15. The fourth-order valence-electron chi connectivity index (χ4n) is 2.24. The third kappa shape index (κ3) is 3.57. The highest BCUT2D eigenvalue weighted by atomic mass is 35.5. The normalized spacial score (nSPS) is 14.7. The largest absolute Gasteiger partial charge is 0.486 e. The molecule has 5 heteroatoms. The first-order chi connectivity index (χ1) is 10.2. The van der Waals surface area contributed by atoms with E-state index in [1.807, 2.05) is 36.4 Å². The maximum atomic E-state index is 12.3. The van der Waals surface area contributed by atoms with Crippen molar-refractivity contribution in [1.29, 1.82) is 0 Å². The molecule has 0 saturated carbocycles. The van der Waals surface area contributed by atoms with E-state index >= 15 is 0 Å². The Bertz CT molecular complexity index is 658. The van der Waals surface area contributed by atoms with Crippen LogP contribution in [0.3, 0.4) is 0 Å². The van der Waals surface area contributed by atoms with Crippen LogP contribution in [0.1, 0.15) is 11.1 Å². The molecule has 0 saturated heterocycles. The van der Waals surface area contributed by atoms with E-state index in [-0.39, 0.29) is 0 Å². The summed E-state index contributed by atoms with van der Waals surface area (Å²) in [7, 11) is -0.986. The van der Waals surface area contributed by atoms with Crippen LogP contribution in [0.5, 0.6) is 11.5 Å². The molecule has 2 aromatic carbocycles. The predicted molar refractivity (Wildman–Crippen MR) is 84.4 cm³/mol. The van der Waals surface area contributed by atoms with Gasteiger partial charge in [-0.2, -0.15) is 0 Å². The number of ether oxygens (including phenoxy) is 2. The van der Waals surface area contributed by atoms with Crippen LogP contribution in [0.15, 0.2) is 42.5 Å². The van der Waals surface area contributed by atoms with E-state index in [2.05, 4.69) is 0 Å². The van der Waals surface area contributed by atoms with Crippen molar-refractivity contribution in [3.8, 4) is 11.5 Å². The quantitative estimate of drug-likeness (QED) is 0.863. The van der Waals surface area contributed by atoms with Gasteiger partial charge in [0.2, 0.25) is 0 Å². The Kier molecular flexibility index (Phi) is 4.46. The summed E-state index contributed by atoms with van der Waals surface area (Å²) >= 11 is 6.19. The highest BCUT2D eigenvalue weighted by molar-refractivity contribution is 7.83. The molecule has 0 bridgehead atoms. The van der Waals surface area contributed by atoms with E-state index < -0.39 is 10.8 Å². The van der Waals surface area contributed by atoms with Crippen LogP contribution in [0, 0.1) is 0 Å². The van der Waals surface area contributed by atoms with Gasteiger partial charge >= 0.3 is 0 Å². The Hall–Kier alpha value is -1.52. The predicted octanol–water partition coefficient (Wildman–Crippen LogP) is 3.56. The van der Waals surface area contributed by atoms with Crippen LogP contribution in [0.4, 0.5) is 0 Å². The van der Waals surface area contributed by atoms with Crippen molar-refractivity contribution in [2.75, 3.05) is 13.2 Å². The van der Waals surface area contributed by atoms with E-state index in [0.717, 1.165) is 11.1 Å². The Labute approximate surface area is 131 Å². The molecule has 0 amide bonds. The maximum absolute atomic E-state index is 12.3. The lowest BCUT2D eigenvalue weighted by atomic mass is 10.2. The summed E-state index contributed by atoms with van der Waals surface area (Å²) in [5, 5.41) is 0.513. The molecule has 1 heterocycles. The first-order valence-electron chi connectivity index (χ1n) is 6.69. The molecule has 0 aromatic heterocycles. The lowest BCUT2D eigenvalue weighted by Gasteiger charge is -2.20. The van der Waals surface area contributed by atoms with Gasteiger partial charge in [-0.15, -0.1) is 0 Å². The van der Waals surface area contributed by atoms with Crippen LogP contribution in [-0.4, -0.2) is 17.4 Å². The topological polar surface area (TPSA) is 35.5 Å². The molecule has 0 N–H and O–H groups in total. The summed E-state index contributed by atoms with van der Waals surface area (Å²) in [4.78, 5) is 0. The van der Waals surface area contributed by atoms with Crippen molar-refractivity contribution < 1.29 is 13.7 Å². The average molecular weight is 323 g/mol. The molecule has 0 spiro atoms. The first kappa shape index (κ1) is 14.4. The fraction of sp³-hybridized carbons (Fsp3) is 0.250. The van der Waals surface area contributed by atoms with Crippen molar-refractivity contribution in [2.45, 2.75) is 11.5 Å². The summed E-state index contributed by atoms with van der Waals surface area (Å²) < 4.78 is 23.3. The van der Waals surface area contributed by atoms with Gasteiger partial charge in [0.1, 0.15) is 13.2 Å². The minimum Gasteiger partial charge on any atom is -0.486 e. The van der Waals surface area contributed by atoms with Gasteiger partial charge in [0.15, 0.2) is 11.5 Å². The molecule has 0 aliphatic carbocycles. The van der Waals surface area contributed by atoms with Gasteiger partial charge in [0.25, 0.3) is 0 Å². The SMILES string of the molecule is O=S(Cc1ccccc1)Cc1cc(Cl)c2c(c1)OCCO2. The van der Waals surface area contributed by atoms with E-state index in [9.17, 15) is 4.21 Å². The van der Waals surface area contributed by atoms with Crippen LogP contribution < -0.4 is 9.47 Å². The molecule has 110 valence electrons. The molecule has 1 unspecified atom stereocenters. The summed E-state index contributed by atoms with van der Waals surface area (Å²) in [6.07, 6.45) is 0. The van der Waals surface area contributed by atoms with Gasteiger partial charge in [-0.1, -0.05) is 41.9 Å². The van der Waals surface area contributed by atoms with E-state index in [0.29, 0.717) is 41.2 Å². The second kappa shape index (κ2) is 6.50. The number of fused-ring (bicyclic) bond motifs is 1. The second-order valence-electron chi connectivity index (χ2n) is 4.82. The number of halogens is 1. The Balaban J connectivity index is 1.73. The van der Waals surface area contributed by atoms with Crippen LogP contribution in [-0.2, 0) is 22.3 Å². The van der Waals surface area contributed by atoms with Crippen molar-refractivity contribution in [3.05, 3.63) is 58.6 Å². The van der Waals surface area contributed by atoms with Crippen molar-refractivity contribution in [1.82, 2.24) is 0 Å². The minimum absolute atomic E-state index is 0.450. The number of hydrogen-bond acceptors (Lipinski definition) is 3. The Morgan fingerprint density at radius 3 is 2.52 bits per heavy atom. The lowest BCUT2D eigenvalue weighted by molar-refractivity contribution is 0.171. The summed E-state index contributed by atoms with van der Waals surface area (Å²) in [5.74, 6) is 2.21. The zero-order valence-electron chi connectivity index (χ0n) is 11.4. The molecular weight excluding hydrogens is 308 g/mol. The second-order valence-corrected chi connectivity index (χ2v) is 6.68. The third-order valence-corrected chi connectivity index (χ3v) is 4.75. The first-order valence-corrected chi connectivity index (χ1v) is 8.56. The van der Waals surface area contributed by atoms with Crippen molar-refractivity contribution in [3.63, 3.8) is 0 Å². The fourth-order valence-corrected chi connectivity index (χ4v) is 3.74. The average Bonchev–Trinajstić information content (AvgIpc) is 2.48. The van der Waals surface area contributed by atoms with Crippen molar-refractivity contribution in [2.24, 2.45) is 0 Å². The number of hydrogen-bond donors (Lipinski definition) is 0. The molecule has 1 atom stereocenters. The standard InChI is InChI=1S/C16H15ClO3S/c17-14-8-13(9-15-16(14)20-7-6-19-15)11-21(18)10-12-4-2-1-3-5-12/h1-5,8-9H,6-7,10-11H2. The molecule has 21 heavy (non-hydrogen) atoms. The monoisotopic (exact) mass is 322 g/mol. The summed E-state index contributed by atoms with van der Waals surface area (Å²) in [6, 6.07) is 13.5. The lowest BCUT2D eigenvalue weighted by Crippen LogP contribution is -2.16. The minimum atomic E-state index is -0.986. The Morgan fingerprint density at radius 1 is 1.00 bits per heavy atom. The van der Waals surface area contributed by atoms with E-state index in [1.54, 1.807) is 6.07 Å². The number of rotatable bonds is 4. The zero-order valence-corrected chi connectivity index (χ0v) is 13.0. The molecule has 0 radical (unpaired) electrons. The molecule has 2 aromatic rings. The molecule has 1 aliphatic heterocycles. The highest BCUT2D eigenvalue weighted by Crippen LogP contribution is 2.38. The van der Waals surface area contributed by atoms with Crippen molar-refractivity contribution >= 4 is 22.4 Å². The molecular formula is C16H15ClO3S. The molecule has 3 rings (SSSR count). The van der Waals surface area contributed by atoms with Gasteiger partial charge < -0.3 is 9.47 Å². The van der Waals surface area contributed by atoms with Gasteiger partial charge in [0, 0.05) is 22.3 Å². The smallest absolute Gasteiger partial charge is 0.179 e. The zero-order chi connectivity index (χ0) is 14.7. The highest BCUT2D eigenvalue weighted by Gasteiger charge is 2.17. The maximum Gasteiger partial charge on any atom is 0.179 e. The molecule has 3 nitrogen and oxygen atoms in total. The van der Waals surface area contributed by atoms with Gasteiger partial charge in [-0.3, -0.25) is 4.21 Å². The van der Waals surface area contributed by atoms with Crippen LogP contribution >= 0.6 is 11.6 Å². The molecule has 0 fully saturated rings. The Morgan fingerprint density at radius 2 is 1.71 bits per heavy atom.